The zero-order valence-electron chi connectivity index (χ0n) is 19.6. The van der Waals surface area contributed by atoms with Crippen LogP contribution in [0.5, 0.6) is 0 Å². The summed E-state index contributed by atoms with van der Waals surface area (Å²) in [5.41, 5.74) is 0. The molecule has 1 aliphatic carbocycles. The molecule has 4 rings (SSSR count). The molecule has 2 aliphatic heterocycles. The van der Waals surface area contributed by atoms with E-state index in [9.17, 15) is 9.90 Å². The van der Waals surface area contributed by atoms with Crippen molar-refractivity contribution in [3.8, 4) is 0 Å². The number of methoxy groups -OCH3 is 1. The van der Waals surface area contributed by atoms with Crippen LogP contribution in [-0.2, 0) is 30.1 Å². The molecular weight excluding hydrogens is 444 g/mol. The fraction of sp³-hybridized carbons (Fsp3) is 0.800. The standard InChI is InChI=1S/C25H38O7S/c1-28-25(27)22-12-11-17(33-22)7-6-8-18-19(16-26)21(32-24-10-3-5-14-30-24)15-20(18)31-23-9-2-4-13-29-23/h11-12,18-21,23-24,26H,2-10,13-16H2,1H3/t18-,19-,20+,21-,23?,24?/m1/s1. The lowest BCUT2D eigenvalue weighted by Crippen LogP contribution is -2.33. The lowest BCUT2D eigenvalue weighted by atomic mass is 9.89. The minimum Gasteiger partial charge on any atom is -0.465 e. The van der Waals surface area contributed by atoms with Crippen LogP contribution in [0, 0.1) is 11.8 Å². The van der Waals surface area contributed by atoms with E-state index in [1.54, 1.807) is 0 Å². The molecule has 3 fully saturated rings. The fourth-order valence-corrected chi connectivity index (χ4v) is 6.33. The molecule has 1 aromatic rings. The predicted octanol–water partition coefficient (Wildman–Crippen LogP) is 4.31. The molecule has 0 spiro atoms. The minimum absolute atomic E-state index is 0.00723. The van der Waals surface area contributed by atoms with Crippen LogP contribution >= 0.6 is 11.3 Å². The molecule has 2 saturated heterocycles. The Balaban J connectivity index is 1.37. The van der Waals surface area contributed by atoms with E-state index in [1.165, 1.54) is 23.3 Å². The molecular formula is C25H38O7S. The predicted molar refractivity (Wildman–Crippen MR) is 124 cm³/mol. The van der Waals surface area contributed by atoms with E-state index in [0.29, 0.717) is 4.88 Å². The molecule has 0 bridgehead atoms. The lowest BCUT2D eigenvalue weighted by molar-refractivity contribution is -0.204. The van der Waals surface area contributed by atoms with Crippen molar-refractivity contribution in [3.63, 3.8) is 0 Å². The monoisotopic (exact) mass is 482 g/mol. The topological polar surface area (TPSA) is 83.5 Å². The van der Waals surface area contributed by atoms with Gasteiger partial charge in [0.25, 0.3) is 0 Å². The molecule has 186 valence electrons. The molecule has 3 aliphatic rings. The van der Waals surface area contributed by atoms with E-state index < -0.39 is 0 Å². The Labute approximate surface area is 200 Å². The number of esters is 1. The third kappa shape index (κ3) is 6.77. The normalized spacial score (nSPS) is 32.7. The van der Waals surface area contributed by atoms with Gasteiger partial charge in [0.05, 0.1) is 19.3 Å². The van der Waals surface area contributed by atoms with Crippen LogP contribution in [0.15, 0.2) is 12.1 Å². The van der Waals surface area contributed by atoms with E-state index in [1.807, 2.05) is 12.1 Å². The van der Waals surface area contributed by atoms with Crippen molar-refractivity contribution in [1.82, 2.24) is 0 Å². The van der Waals surface area contributed by atoms with Gasteiger partial charge in [-0.1, -0.05) is 0 Å². The van der Waals surface area contributed by atoms with Crippen LogP contribution in [0.3, 0.4) is 0 Å². The highest BCUT2D eigenvalue weighted by Crippen LogP contribution is 2.41. The number of hydrogen-bond donors (Lipinski definition) is 1. The number of carbonyl (C=O) groups is 1. The van der Waals surface area contributed by atoms with Gasteiger partial charge in [0.2, 0.25) is 0 Å². The Morgan fingerprint density at radius 3 is 2.27 bits per heavy atom. The van der Waals surface area contributed by atoms with E-state index in [2.05, 4.69) is 0 Å². The maximum atomic E-state index is 11.7. The highest BCUT2D eigenvalue weighted by molar-refractivity contribution is 7.13. The fourth-order valence-electron chi connectivity index (χ4n) is 5.36. The first kappa shape index (κ1) is 25.1. The summed E-state index contributed by atoms with van der Waals surface area (Å²) in [5, 5.41) is 10.3. The number of aliphatic hydroxyl groups excluding tert-OH is 1. The summed E-state index contributed by atoms with van der Waals surface area (Å²) in [7, 11) is 1.41. The number of aryl methyl sites for hydroxylation is 1. The molecule has 1 aromatic heterocycles. The summed E-state index contributed by atoms with van der Waals surface area (Å²) in [4.78, 5) is 13.5. The summed E-state index contributed by atoms with van der Waals surface area (Å²) in [6.07, 6.45) is 9.41. The summed E-state index contributed by atoms with van der Waals surface area (Å²) < 4.78 is 29.3. The minimum atomic E-state index is -0.284. The highest BCUT2D eigenvalue weighted by Gasteiger charge is 2.46. The van der Waals surface area contributed by atoms with Crippen molar-refractivity contribution in [1.29, 1.82) is 0 Å². The number of carbonyl (C=O) groups excluding carboxylic acids is 1. The number of thiophene rings is 1. The van der Waals surface area contributed by atoms with Crippen LogP contribution in [-0.4, -0.2) is 62.8 Å². The molecule has 7 nitrogen and oxygen atoms in total. The Morgan fingerprint density at radius 1 is 1.03 bits per heavy atom. The van der Waals surface area contributed by atoms with Crippen molar-refractivity contribution in [3.05, 3.63) is 21.9 Å². The molecule has 1 saturated carbocycles. The quantitative estimate of drug-likeness (QED) is 0.498. The Bertz CT molecular complexity index is 726. The van der Waals surface area contributed by atoms with Crippen LogP contribution in [0.2, 0.25) is 0 Å². The molecule has 0 radical (unpaired) electrons. The van der Waals surface area contributed by atoms with Gasteiger partial charge in [-0.15, -0.1) is 11.3 Å². The Morgan fingerprint density at radius 2 is 1.70 bits per heavy atom. The number of rotatable bonds is 10. The maximum absolute atomic E-state index is 11.7. The summed E-state index contributed by atoms with van der Waals surface area (Å²) >= 11 is 1.49. The van der Waals surface area contributed by atoms with Crippen molar-refractivity contribution in [2.45, 2.75) is 89.0 Å². The second-order valence-corrected chi connectivity index (χ2v) is 10.5. The van der Waals surface area contributed by atoms with Gasteiger partial charge in [-0.2, -0.15) is 0 Å². The number of ether oxygens (including phenoxy) is 5. The SMILES string of the molecule is COC(=O)c1ccc(CCC[C@@H]2[C@@H](CO)[C@H](OC3CCCCO3)C[C@@H]2OC2CCCCO2)s1. The molecule has 3 heterocycles. The molecule has 0 aromatic carbocycles. The Hall–Kier alpha value is -1.03. The third-order valence-corrected chi connectivity index (χ3v) is 8.24. The van der Waals surface area contributed by atoms with Gasteiger partial charge in [-0.05, 0) is 75.8 Å². The van der Waals surface area contributed by atoms with Gasteiger partial charge in [0.15, 0.2) is 12.6 Å². The van der Waals surface area contributed by atoms with Crippen molar-refractivity contribution < 1.29 is 33.6 Å². The smallest absolute Gasteiger partial charge is 0.348 e. The summed E-state index contributed by atoms with van der Waals surface area (Å²) in [6, 6.07) is 3.84. The van der Waals surface area contributed by atoms with Crippen molar-refractivity contribution in [2.24, 2.45) is 11.8 Å². The first-order valence-corrected chi connectivity index (χ1v) is 13.3. The first-order chi connectivity index (χ1) is 16.2. The molecule has 8 heteroatoms. The van der Waals surface area contributed by atoms with Gasteiger partial charge >= 0.3 is 5.97 Å². The first-order valence-electron chi connectivity index (χ1n) is 12.5. The second kappa shape index (κ2) is 12.6. The van der Waals surface area contributed by atoms with Gasteiger partial charge in [0, 0.05) is 37.0 Å². The van der Waals surface area contributed by atoms with Gasteiger partial charge in [-0.3, -0.25) is 0 Å². The van der Waals surface area contributed by atoms with Gasteiger partial charge < -0.3 is 28.8 Å². The second-order valence-electron chi connectivity index (χ2n) is 9.34. The molecule has 1 N–H and O–H groups in total. The maximum Gasteiger partial charge on any atom is 0.348 e. The Kier molecular flexibility index (Phi) is 9.58. The largest absolute Gasteiger partial charge is 0.465 e. The van der Waals surface area contributed by atoms with Crippen molar-refractivity contribution >= 4 is 17.3 Å². The molecule has 6 atom stereocenters. The lowest BCUT2D eigenvalue weighted by Gasteiger charge is -2.30. The van der Waals surface area contributed by atoms with Gasteiger partial charge in [-0.25, -0.2) is 4.79 Å². The van der Waals surface area contributed by atoms with Crippen molar-refractivity contribution in [2.75, 3.05) is 26.9 Å². The van der Waals surface area contributed by atoms with Crippen LogP contribution in [0.25, 0.3) is 0 Å². The molecule has 33 heavy (non-hydrogen) atoms. The summed E-state index contributed by atoms with van der Waals surface area (Å²) in [6.45, 7) is 1.58. The molecule has 2 unspecified atom stereocenters. The zero-order valence-corrected chi connectivity index (χ0v) is 20.4. The van der Waals surface area contributed by atoms with Crippen LogP contribution < -0.4 is 0 Å². The number of hydrogen-bond acceptors (Lipinski definition) is 8. The van der Waals surface area contributed by atoms with E-state index in [0.717, 1.165) is 77.4 Å². The third-order valence-electron chi connectivity index (χ3n) is 7.12. The number of aliphatic hydroxyl groups is 1. The average molecular weight is 483 g/mol. The van der Waals surface area contributed by atoms with Crippen LogP contribution in [0.4, 0.5) is 0 Å². The summed E-state index contributed by atoms with van der Waals surface area (Å²) in [5.74, 6) is -0.0551. The van der Waals surface area contributed by atoms with Gasteiger partial charge in [0.1, 0.15) is 4.88 Å². The average Bonchev–Trinajstić information content (AvgIpc) is 3.45. The highest BCUT2D eigenvalue weighted by atomic mass is 32.1. The van der Waals surface area contributed by atoms with E-state index >= 15 is 0 Å². The van der Waals surface area contributed by atoms with Crippen LogP contribution in [0.1, 0.15) is 72.3 Å². The molecule has 0 amide bonds. The zero-order chi connectivity index (χ0) is 23.0. The van der Waals surface area contributed by atoms with E-state index in [-0.39, 0.29) is 49.2 Å². The van der Waals surface area contributed by atoms with E-state index in [4.69, 9.17) is 23.7 Å².